The van der Waals surface area contributed by atoms with Crippen molar-refractivity contribution in [2.75, 3.05) is 19.3 Å². The van der Waals surface area contributed by atoms with E-state index in [1.54, 1.807) is 13.1 Å². The smallest absolute Gasteiger partial charge is 0.191 e. The minimum atomic E-state index is -0.204. The highest BCUT2D eigenvalue weighted by Gasteiger charge is 2.15. The van der Waals surface area contributed by atoms with Crippen LogP contribution in [0.2, 0.25) is 0 Å². The molecular formula is C14H20FN3S. The number of nitrogens with one attached hydrogen (secondary N) is 2. The number of nitrogens with zero attached hydrogens (tertiary/aromatic N) is 1. The van der Waals surface area contributed by atoms with Gasteiger partial charge in [0.2, 0.25) is 0 Å². The lowest BCUT2D eigenvalue weighted by Crippen LogP contribution is -2.39. The van der Waals surface area contributed by atoms with E-state index in [1.165, 1.54) is 30.7 Å². The van der Waals surface area contributed by atoms with Crippen LogP contribution < -0.4 is 10.6 Å². The van der Waals surface area contributed by atoms with Crippen LogP contribution in [0.15, 0.2) is 29.3 Å². The van der Waals surface area contributed by atoms with E-state index in [9.17, 15) is 4.39 Å². The molecule has 0 aromatic heterocycles. The van der Waals surface area contributed by atoms with Crippen LogP contribution in [0.4, 0.5) is 4.39 Å². The van der Waals surface area contributed by atoms with Crippen molar-refractivity contribution in [1.29, 1.82) is 0 Å². The third-order valence-electron chi connectivity index (χ3n) is 3.09. The van der Waals surface area contributed by atoms with Gasteiger partial charge in [-0.25, -0.2) is 4.39 Å². The first-order valence-electron chi connectivity index (χ1n) is 6.58. The monoisotopic (exact) mass is 281 g/mol. The second-order valence-electron chi connectivity index (χ2n) is 4.57. The summed E-state index contributed by atoms with van der Waals surface area (Å²) >= 11 is 2.02. The summed E-state index contributed by atoms with van der Waals surface area (Å²) < 4.78 is 13.0. The molecule has 0 spiro atoms. The summed E-state index contributed by atoms with van der Waals surface area (Å²) in [4.78, 5) is 4.18. The summed E-state index contributed by atoms with van der Waals surface area (Å²) in [5.41, 5.74) is 0.915. The summed E-state index contributed by atoms with van der Waals surface area (Å²) in [7, 11) is 1.75. The predicted octanol–water partition coefficient (Wildman–Crippen LogP) is 2.39. The number of hydrogen-bond acceptors (Lipinski definition) is 2. The third-order valence-corrected chi connectivity index (χ3v) is 4.49. The topological polar surface area (TPSA) is 36.4 Å². The fourth-order valence-electron chi connectivity index (χ4n) is 2.07. The van der Waals surface area contributed by atoms with Gasteiger partial charge in [-0.15, -0.1) is 0 Å². The van der Waals surface area contributed by atoms with Crippen LogP contribution in [0.25, 0.3) is 0 Å². The van der Waals surface area contributed by atoms with Crippen LogP contribution in [0.5, 0.6) is 0 Å². The van der Waals surface area contributed by atoms with E-state index < -0.39 is 0 Å². The van der Waals surface area contributed by atoms with Crippen LogP contribution in [0, 0.1) is 5.82 Å². The molecule has 1 aromatic rings. The molecule has 0 bridgehead atoms. The lowest BCUT2D eigenvalue weighted by molar-refractivity contribution is 0.624. The molecule has 1 fully saturated rings. The lowest BCUT2D eigenvalue weighted by Gasteiger charge is -2.14. The number of aliphatic imine (C=N–C) groups is 1. The number of hydrogen-bond donors (Lipinski definition) is 2. The molecule has 3 nitrogen and oxygen atoms in total. The highest BCUT2D eigenvalue weighted by Crippen LogP contribution is 2.25. The second-order valence-corrected chi connectivity index (χ2v) is 5.98. The number of guanidine groups is 1. The van der Waals surface area contributed by atoms with Crippen LogP contribution in [0.3, 0.4) is 0 Å². The van der Waals surface area contributed by atoms with Gasteiger partial charge in [0, 0.05) is 25.4 Å². The average molecular weight is 281 g/mol. The van der Waals surface area contributed by atoms with E-state index in [0.29, 0.717) is 11.8 Å². The molecule has 0 saturated carbocycles. The molecule has 1 unspecified atom stereocenters. The van der Waals surface area contributed by atoms with Crippen molar-refractivity contribution in [2.45, 2.75) is 24.6 Å². The Balaban J connectivity index is 1.76. The summed E-state index contributed by atoms with van der Waals surface area (Å²) in [5.74, 6) is 1.84. The van der Waals surface area contributed by atoms with Gasteiger partial charge in [0.05, 0.1) is 0 Å². The molecule has 0 radical (unpaired) electrons. The fraction of sp³-hybridized carbons (Fsp3) is 0.500. The van der Waals surface area contributed by atoms with Crippen molar-refractivity contribution in [1.82, 2.24) is 10.6 Å². The van der Waals surface area contributed by atoms with Crippen molar-refractivity contribution < 1.29 is 4.39 Å². The SMILES string of the molecule is CN=C(NCc1cccc(F)c1)NCC1CCCS1. The quantitative estimate of drug-likeness (QED) is 0.657. The van der Waals surface area contributed by atoms with Gasteiger partial charge in [0.15, 0.2) is 5.96 Å². The molecule has 1 aromatic carbocycles. The Labute approximate surface area is 118 Å². The molecule has 1 aliphatic heterocycles. The summed E-state index contributed by atoms with van der Waals surface area (Å²) in [6.07, 6.45) is 2.59. The second kappa shape index (κ2) is 7.38. The van der Waals surface area contributed by atoms with Gasteiger partial charge < -0.3 is 10.6 Å². The highest BCUT2D eigenvalue weighted by atomic mass is 32.2. The Morgan fingerprint density at radius 2 is 2.37 bits per heavy atom. The Morgan fingerprint density at radius 3 is 3.05 bits per heavy atom. The Morgan fingerprint density at radius 1 is 1.47 bits per heavy atom. The maximum absolute atomic E-state index is 13.0. The van der Waals surface area contributed by atoms with E-state index in [2.05, 4.69) is 15.6 Å². The van der Waals surface area contributed by atoms with Crippen molar-refractivity contribution in [3.63, 3.8) is 0 Å². The van der Waals surface area contributed by atoms with Gasteiger partial charge in [-0.3, -0.25) is 4.99 Å². The maximum atomic E-state index is 13.0. The van der Waals surface area contributed by atoms with Crippen molar-refractivity contribution in [2.24, 2.45) is 4.99 Å². The number of benzene rings is 1. The molecule has 1 saturated heterocycles. The van der Waals surface area contributed by atoms with Crippen molar-refractivity contribution in [3.8, 4) is 0 Å². The molecular weight excluding hydrogens is 261 g/mol. The number of thioether (sulfide) groups is 1. The zero-order chi connectivity index (χ0) is 13.5. The van der Waals surface area contributed by atoms with Gasteiger partial charge in [0.1, 0.15) is 5.82 Å². The molecule has 5 heteroatoms. The largest absolute Gasteiger partial charge is 0.355 e. The van der Waals surface area contributed by atoms with Gasteiger partial charge in [0.25, 0.3) is 0 Å². The minimum Gasteiger partial charge on any atom is -0.355 e. The molecule has 2 rings (SSSR count). The summed E-state index contributed by atoms with van der Waals surface area (Å²) in [5, 5.41) is 7.21. The van der Waals surface area contributed by atoms with E-state index in [4.69, 9.17) is 0 Å². The number of halogens is 1. The summed E-state index contributed by atoms with van der Waals surface area (Å²) in [6.45, 7) is 1.52. The van der Waals surface area contributed by atoms with E-state index in [0.717, 1.165) is 18.1 Å². The minimum absolute atomic E-state index is 0.204. The molecule has 0 amide bonds. The Kier molecular flexibility index (Phi) is 5.51. The summed E-state index contributed by atoms with van der Waals surface area (Å²) in [6, 6.07) is 6.61. The molecule has 19 heavy (non-hydrogen) atoms. The van der Waals surface area contributed by atoms with Crippen LogP contribution >= 0.6 is 11.8 Å². The molecule has 1 atom stereocenters. The van der Waals surface area contributed by atoms with E-state index in [1.807, 2.05) is 17.8 Å². The predicted molar refractivity (Wildman–Crippen MR) is 80.1 cm³/mol. The first-order valence-corrected chi connectivity index (χ1v) is 7.63. The zero-order valence-electron chi connectivity index (χ0n) is 11.2. The molecule has 104 valence electrons. The van der Waals surface area contributed by atoms with Crippen LogP contribution in [-0.2, 0) is 6.54 Å². The lowest BCUT2D eigenvalue weighted by atomic mass is 10.2. The molecule has 1 heterocycles. The van der Waals surface area contributed by atoms with Crippen LogP contribution in [-0.4, -0.2) is 30.6 Å². The Bertz CT molecular complexity index is 430. The Hall–Kier alpha value is -1.23. The van der Waals surface area contributed by atoms with Crippen LogP contribution in [0.1, 0.15) is 18.4 Å². The molecule has 2 N–H and O–H groups in total. The first kappa shape index (κ1) is 14.2. The zero-order valence-corrected chi connectivity index (χ0v) is 12.0. The first-order chi connectivity index (χ1) is 9.28. The van der Waals surface area contributed by atoms with E-state index >= 15 is 0 Å². The molecule has 1 aliphatic rings. The number of rotatable bonds is 4. The maximum Gasteiger partial charge on any atom is 0.191 e. The molecule has 0 aliphatic carbocycles. The highest BCUT2D eigenvalue weighted by molar-refractivity contribution is 8.00. The van der Waals surface area contributed by atoms with Gasteiger partial charge in [-0.05, 0) is 36.3 Å². The fourth-order valence-corrected chi connectivity index (χ4v) is 3.27. The average Bonchev–Trinajstić information content (AvgIpc) is 2.92. The van der Waals surface area contributed by atoms with Gasteiger partial charge in [-0.2, -0.15) is 11.8 Å². The van der Waals surface area contributed by atoms with Gasteiger partial charge >= 0.3 is 0 Å². The normalized spacial score (nSPS) is 19.5. The third kappa shape index (κ3) is 4.74. The van der Waals surface area contributed by atoms with Crippen molar-refractivity contribution in [3.05, 3.63) is 35.6 Å². The standard InChI is InChI=1S/C14H20FN3S/c1-16-14(18-10-13-6-3-7-19-13)17-9-11-4-2-5-12(15)8-11/h2,4-5,8,13H,3,6-7,9-10H2,1H3,(H2,16,17,18). The van der Waals surface area contributed by atoms with Crippen molar-refractivity contribution >= 4 is 17.7 Å². The van der Waals surface area contributed by atoms with Gasteiger partial charge in [-0.1, -0.05) is 12.1 Å². The van der Waals surface area contributed by atoms with E-state index in [-0.39, 0.29) is 5.82 Å².